The van der Waals surface area contributed by atoms with Crippen molar-refractivity contribution in [2.75, 3.05) is 23.9 Å². The van der Waals surface area contributed by atoms with Gasteiger partial charge in [0, 0.05) is 20.0 Å². The highest BCUT2D eigenvalue weighted by atomic mass is 15.4. The van der Waals surface area contributed by atoms with Crippen molar-refractivity contribution in [3.8, 4) is 0 Å². The number of anilines is 2. The highest BCUT2D eigenvalue weighted by molar-refractivity contribution is 5.77. The molecule has 1 aromatic carbocycles. The van der Waals surface area contributed by atoms with Crippen LogP contribution in [0.15, 0.2) is 48.6 Å². The van der Waals surface area contributed by atoms with E-state index in [2.05, 4.69) is 72.5 Å². The molecule has 1 aliphatic carbocycles. The van der Waals surface area contributed by atoms with Crippen LogP contribution in [-0.4, -0.2) is 20.3 Å². The van der Waals surface area contributed by atoms with Gasteiger partial charge in [-0.15, -0.1) is 0 Å². The molecular weight excluding hydrogens is 196 g/mol. The quantitative estimate of drug-likeness (QED) is 0.706. The first-order chi connectivity index (χ1) is 7.79. The zero-order valence-electron chi connectivity index (χ0n) is 9.67. The third-order valence-electron chi connectivity index (χ3n) is 3.56. The Morgan fingerprint density at radius 2 is 1.38 bits per heavy atom. The molecule has 0 spiro atoms. The monoisotopic (exact) mass is 212 g/mol. The molecule has 1 aromatic rings. The van der Waals surface area contributed by atoms with Gasteiger partial charge in [-0.1, -0.05) is 36.4 Å². The lowest BCUT2D eigenvalue weighted by Crippen LogP contribution is -2.43. The van der Waals surface area contributed by atoms with Crippen LogP contribution in [0, 0.1) is 5.92 Å². The number of hydrogen-bond donors (Lipinski definition) is 0. The average molecular weight is 212 g/mol. The van der Waals surface area contributed by atoms with Gasteiger partial charge in [-0.25, -0.2) is 0 Å². The fourth-order valence-electron chi connectivity index (χ4n) is 2.77. The molecule has 0 saturated heterocycles. The van der Waals surface area contributed by atoms with E-state index >= 15 is 0 Å². The second-order valence-electron chi connectivity index (χ2n) is 4.47. The highest BCUT2D eigenvalue weighted by Crippen LogP contribution is 2.40. The van der Waals surface area contributed by atoms with E-state index in [0.29, 0.717) is 12.1 Å². The van der Waals surface area contributed by atoms with Crippen molar-refractivity contribution in [3.05, 3.63) is 48.6 Å². The summed E-state index contributed by atoms with van der Waals surface area (Å²) in [6.45, 7) is 0. The van der Waals surface area contributed by atoms with Crippen molar-refractivity contribution in [1.82, 2.24) is 0 Å². The summed E-state index contributed by atoms with van der Waals surface area (Å²) in [5.74, 6) is 0.488. The molecule has 0 fully saturated rings. The van der Waals surface area contributed by atoms with E-state index in [1.807, 2.05) is 0 Å². The molecule has 0 aromatic heterocycles. The summed E-state index contributed by atoms with van der Waals surface area (Å²) >= 11 is 0. The summed E-state index contributed by atoms with van der Waals surface area (Å²) in [5, 5.41) is 0. The van der Waals surface area contributed by atoms with Crippen LogP contribution in [0.4, 0.5) is 11.4 Å². The molecule has 82 valence electrons. The van der Waals surface area contributed by atoms with Crippen molar-refractivity contribution in [1.29, 1.82) is 0 Å². The molecule has 1 heterocycles. The Bertz CT molecular complexity index is 421. The third-order valence-corrected chi connectivity index (χ3v) is 3.56. The zero-order valence-corrected chi connectivity index (χ0v) is 9.67. The normalized spacial score (nSPS) is 19.9. The van der Waals surface area contributed by atoms with Crippen LogP contribution in [0.1, 0.15) is 0 Å². The number of rotatable bonds is 1. The number of benzene rings is 1. The first-order valence-corrected chi connectivity index (χ1v) is 5.69. The predicted molar refractivity (Wildman–Crippen MR) is 68.8 cm³/mol. The SMILES string of the molecule is CN1c2ccccc2N(C)C1C1C=CC=C1. The van der Waals surface area contributed by atoms with Gasteiger partial charge in [0.2, 0.25) is 0 Å². The maximum absolute atomic E-state index is 2.36. The first kappa shape index (κ1) is 9.52. The maximum Gasteiger partial charge on any atom is 0.111 e. The molecule has 16 heavy (non-hydrogen) atoms. The van der Waals surface area contributed by atoms with Gasteiger partial charge in [0.05, 0.1) is 11.4 Å². The smallest absolute Gasteiger partial charge is 0.111 e. The van der Waals surface area contributed by atoms with Crippen molar-refractivity contribution in [2.24, 2.45) is 5.92 Å². The van der Waals surface area contributed by atoms with Crippen LogP contribution in [-0.2, 0) is 0 Å². The van der Waals surface area contributed by atoms with E-state index in [9.17, 15) is 0 Å². The number of fused-ring (bicyclic) bond motifs is 1. The van der Waals surface area contributed by atoms with Gasteiger partial charge in [0.25, 0.3) is 0 Å². The summed E-state index contributed by atoms with van der Waals surface area (Å²) in [7, 11) is 4.35. The number of allylic oxidation sites excluding steroid dienone is 2. The molecule has 3 rings (SSSR count). The molecule has 2 nitrogen and oxygen atoms in total. The molecule has 0 unspecified atom stereocenters. The zero-order chi connectivity index (χ0) is 11.1. The molecule has 2 heteroatoms. The Balaban J connectivity index is 2.00. The van der Waals surface area contributed by atoms with Crippen LogP contribution in [0.25, 0.3) is 0 Å². The summed E-state index contributed by atoms with van der Waals surface area (Å²) in [6, 6.07) is 8.58. The molecule has 0 N–H and O–H groups in total. The molecular formula is C14H16N2. The van der Waals surface area contributed by atoms with Crippen molar-refractivity contribution >= 4 is 11.4 Å². The lowest BCUT2D eigenvalue weighted by molar-refractivity contribution is 0.571. The number of nitrogens with zero attached hydrogens (tertiary/aromatic N) is 2. The molecule has 0 bridgehead atoms. The Labute approximate surface area is 96.5 Å². The van der Waals surface area contributed by atoms with Crippen molar-refractivity contribution < 1.29 is 0 Å². The first-order valence-electron chi connectivity index (χ1n) is 5.69. The molecule has 0 atom stereocenters. The second kappa shape index (κ2) is 3.41. The van der Waals surface area contributed by atoms with Gasteiger partial charge < -0.3 is 9.80 Å². The second-order valence-corrected chi connectivity index (χ2v) is 4.47. The van der Waals surface area contributed by atoms with Crippen LogP contribution < -0.4 is 9.80 Å². The van der Waals surface area contributed by atoms with Crippen LogP contribution in [0.3, 0.4) is 0 Å². The largest absolute Gasteiger partial charge is 0.352 e. The molecule has 1 aliphatic heterocycles. The topological polar surface area (TPSA) is 6.48 Å². The minimum Gasteiger partial charge on any atom is -0.352 e. The van der Waals surface area contributed by atoms with E-state index in [4.69, 9.17) is 0 Å². The van der Waals surface area contributed by atoms with Crippen molar-refractivity contribution in [3.63, 3.8) is 0 Å². The Kier molecular flexibility index (Phi) is 2.03. The summed E-state index contributed by atoms with van der Waals surface area (Å²) in [6.07, 6.45) is 9.21. The number of hydrogen-bond acceptors (Lipinski definition) is 2. The Morgan fingerprint density at radius 3 is 1.88 bits per heavy atom. The van der Waals surface area contributed by atoms with E-state index in [1.165, 1.54) is 11.4 Å². The van der Waals surface area contributed by atoms with E-state index in [1.54, 1.807) is 0 Å². The maximum atomic E-state index is 2.36. The molecule has 2 aliphatic rings. The van der Waals surface area contributed by atoms with Crippen molar-refractivity contribution in [2.45, 2.75) is 6.17 Å². The lowest BCUT2D eigenvalue weighted by atomic mass is 10.1. The fraction of sp³-hybridized carbons (Fsp3) is 0.286. The predicted octanol–water partition coefficient (Wildman–Crippen LogP) is 2.64. The summed E-state index contributed by atoms with van der Waals surface area (Å²) in [5.41, 5.74) is 2.65. The van der Waals surface area contributed by atoms with Gasteiger partial charge in [-0.3, -0.25) is 0 Å². The van der Waals surface area contributed by atoms with Gasteiger partial charge in [-0.05, 0) is 12.1 Å². The Morgan fingerprint density at radius 1 is 0.875 bits per heavy atom. The van der Waals surface area contributed by atoms with E-state index in [-0.39, 0.29) is 0 Å². The molecule has 0 radical (unpaired) electrons. The van der Waals surface area contributed by atoms with Gasteiger partial charge in [0.15, 0.2) is 0 Å². The van der Waals surface area contributed by atoms with Crippen LogP contribution >= 0.6 is 0 Å². The number of para-hydroxylation sites is 2. The average Bonchev–Trinajstić information content (AvgIpc) is 2.89. The lowest BCUT2D eigenvalue weighted by Gasteiger charge is -2.31. The van der Waals surface area contributed by atoms with E-state index < -0.39 is 0 Å². The van der Waals surface area contributed by atoms with Gasteiger partial charge in [0.1, 0.15) is 6.17 Å². The third kappa shape index (κ3) is 1.19. The Hall–Kier alpha value is -1.70. The van der Waals surface area contributed by atoms with Crippen LogP contribution in [0.2, 0.25) is 0 Å². The van der Waals surface area contributed by atoms with E-state index in [0.717, 1.165) is 0 Å². The molecule has 0 saturated carbocycles. The van der Waals surface area contributed by atoms with Crippen LogP contribution in [0.5, 0.6) is 0 Å². The standard InChI is InChI=1S/C14H16N2/c1-15-12-9-5-6-10-13(12)16(2)14(15)11-7-3-4-8-11/h3-11,14H,1-2H3. The summed E-state index contributed by atoms with van der Waals surface area (Å²) in [4.78, 5) is 4.72. The summed E-state index contributed by atoms with van der Waals surface area (Å²) < 4.78 is 0. The highest BCUT2D eigenvalue weighted by Gasteiger charge is 2.34. The van der Waals surface area contributed by atoms with Gasteiger partial charge in [-0.2, -0.15) is 0 Å². The minimum absolute atomic E-state index is 0.410. The minimum atomic E-state index is 0.410. The fourth-order valence-corrected chi connectivity index (χ4v) is 2.77. The van der Waals surface area contributed by atoms with Gasteiger partial charge >= 0.3 is 0 Å². The molecule has 0 amide bonds.